The predicted octanol–water partition coefficient (Wildman–Crippen LogP) is 1.36. The largest absolute Gasteiger partial charge is 0.481 e. The summed E-state index contributed by atoms with van der Waals surface area (Å²) >= 11 is 3.33. The van der Waals surface area contributed by atoms with Crippen LogP contribution < -0.4 is 0 Å². The normalized spacial score (nSPS) is 10.5. The number of aryl methyl sites for hydroxylation is 1. The van der Waals surface area contributed by atoms with Crippen molar-refractivity contribution in [2.45, 2.75) is 19.4 Å². The van der Waals surface area contributed by atoms with Crippen LogP contribution in [0.1, 0.15) is 12.8 Å². The highest BCUT2D eigenvalue weighted by molar-refractivity contribution is 9.10. The highest BCUT2D eigenvalue weighted by Crippen LogP contribution is 2.19. The molecule has 2 heterocycles. The fourth-order valence-electron chi connectivity index (χ4n) is 1.48. The van der Waals surface area contributed by atoms with Crippen molar-refractivity contribution in [1.29, 1.82) is 0 Å². The van der Waals surface area contributed by atoms with Crippen LogP contribution in [0, 0.1) is 0 Å². The Hall–Kier alpha value is -1.83. The summed E-state index contributed by atoms with van der Waals surface area (Å²) in [6, 6.07) is 1.85. The van der Waals surface area contributed by atoms with Crippen molar-refractivity contribution in [1.82, 2.24) is 25.2 Å². The van der Waals surface area contributed by atoms with Crippen molar-refractivity contribution in [2.75, 3.05) is 0 Å². The molecule has 0 aliphatic rings. The molecule has 0 unspecified atom stereocenters. The zero-order valence-electron chi connectivity index (χ0n) is 9.32. The van der Waals surface area contributed by atoms with Crippen molar-refractivity contribution in [3.8, 4) is 11.4 Å². The van der Waals surface area contributed by atoms with Gasteiger partial charge in [0, 0.05) is 35.4 Å². The average molecular weight is 312 g/mol. The van der Waals surface area contributed by atoms with Gasteiger partial charge in [0.15, 0.2) is 5.82 Å². The first-order chi connectivity index (χ1) is 8.66. The van der Waals surface area contributed by atoms with Crippen LogP contribution in [0.2, 0.25) is 0 Å². The van der Waals surface area contributed by atoms with Crippen LogP contribution in [0.3, 0.4) is 0 Å². The molecule has 7 nitrogen and oxygen atoms in total. The molecule has 0 atom stereocenters. The Morgan fingerprint density at radius 1 is 1.44 bits per heavy atom. The van der Waals surface area contributed by atoms with Crippen LogP contribution in [0.25, 0.3) is 11.4 Å². The van der Waals surface area contributed by atoms with E-state index in [1.165, 1.54) is 0 Å². The number of nitrogens with zero attached hydrogens (tertiary/aromatic N) is 5. The maximum atomic E-state index is 10.5. The number of halogens is 1. The minimum atomic E-state index is -0.825. The Kier molecular flexibility index (Phi) is 3.98. The number of tetrazole rings is 1. The molecule has 2 aromatic rings. The molecule has 0 saturated carbocycles. The quantitative estimate of drug-likeness (QED) is 0.896. The molecule has 2 aromatic heterocycles. The zero-order chi connectivity index (χ0) is 13.0. The topological polar surface area (TPSA) is 93.8 Å². The SMILES string of the molecule is O=C(O)CCCn1nnnc1-c1cncc(Br)c1. The van der Waals surface area contributed by atoms with Gasteiger partial charge < -0.3 is 5.11 Å². The average Bonchev–Trinajstić information content (AvgIpc) is 2.77. The van der Waals surface area contributed by atoms with Gasteiger partial charge in [0.1, 0.15) is 0 Å². The molecule has 94 valence electrons. The third kappa shape index (κ3) is 3.10. The molecule has 0 aliphatic carbocycles. The first-order valence-corrected chi connectivity index (χ1v) is 6.05. The van der Waals surface area contributed by atoms with E-state index in [0.717, 1.165) is 10.0 Å². The van der Waals surface area contributed by atoms with E-state index in [1.54, 1.807) is 17.1 Å². The summed E-state index contributed by atoms with van der Waals surface area (Å²) in [5, 5.41) is 19.9. The summed E-state index contributed by atoms with van der Waals surface area (Å²) in [6.07, 6.45) is 3.90. The van der Waals surface area contributed by atoms with Gasteiger partial charge in [-0.2, -0.15) is 0 Å². The summed E-state index contributed by atoms with van der Waals surface area (Å²) in [5.41, 5.74) is 0.782. The van der Waals surface area contributed by atoms with Gasteiger partial charge in [-0.1, -0.05) is 0 Å². The number of pyridine rings is 1. The Balaban J connectivity index is 2.15. The summed E-state index contributed by atoms with van der Waals surface area (Å²) in [4.78, 5) is 14.5. The molecule has 0 saturated heterocycles. The molecule has 0 fully saturated rings. The van der Waals surface area contributed by atoms with Crippen molar-refractivity contribution >= 4 is 21.9 Å². The van der Waals surface area contributed by atoms with Gasteiger partial charge in [-0.05, 0) is 38.8 Å². The highest BCUT2D eigenvalue weighted by Gasteiger charge is 2.10. The van der Waals surface area contributed by atoms with Crippen molar-refractivity contribution in [2.24, 2.45) is 0 Å². The van der Waals surface area contributed by atoms with Crippen LogP contribution in [-0.2, 0) is 11.3 Å². The zero-order valence-corrected chi connectivity index (χ0v) is 10.9. The fraction of sp³-hybridized carbons (Fsp3) is 0.300. The van der Waals surface area contributed by atoms with Crippen molar-refractivity contribution < 1.29 is 9.90 Å². The predicted molar refractivity (Wildman–Crippen MR) is 65.6 cm³/mol. The molecular formula is C10H10BrN5O2. The van der Waals surface area contributed by atoms with Crippen LogP contribution in [-0.4, -0.2) is 36.3 Å². The van der Waals surface area contributed by atoms with Gasteiger partial charge in [0.25, 0.3) is 0 Å². The standard InChI is InChI=1S/C10H10BrN5O2/c11-8-4-7(5-12-6-8)10-13-14-15-16(10)3-1-2-9(17)18/h4-6H,1-3H2,(H,17,18). The van der Waals surface area contributed by atoms with Gasteiger partial charge in [0.2, 0.25) is 0 Å². The van der Waals surface area contributed by atoms with Gasteiger partial charge in [-0.25, -0.2) is 4.68 Å². The molecule has 0 aromatic carbocycles. The van der Waals surface area contributed by atoms with E-state index in [9.17, 15) is 4.79 Å². The number of hydrogen-bond acceptors (Lipinski definition) is 5. The molecule has 1 N–H and O–H groups in total. The van der Waals surface area contributed by atoms with Gasteiger partial charge in [-0.15, -0.1) is 5.10 Å². The number of rotatable bonds is 5. The number of carboxylic acids is 1. The maximum Gasteiger partial charge on any atom is 0.303 e. The van der Waals surface area contributed by atoms with E-state index in [0.29, 0.717) is 18.8 Å². The lowest BCUT2D eigenvalue weighted by molar-refractivity contribution is -0.137. The molecule has 8 heteroatoms. The lowest BCUT2D eigenvalue weighted by atomic mass is 10.2. The summed E-state index contributed by atoms with van der Waals surface area (Å²) in [7, 11) is 0. The molecule has 0 bridgehead atoms. The molecule has 0 spiro atoms. The highest BCUT2D eigenvalue weighted by atomic mass is 79.9. The summed E-state index contributed by atoms with van der Waals surface area (Å²) in [6.45, 7) is 0.459. The Morgan fingerprint density at radius 2 is 2.28 bits per heavy atom. The first kappa shape index (κ1) is 12.6. The Labute approximate surface area is 111 Å². The Morgan fingerprint density at radius 3 is 3.00 bits per heavy atom. The van der Waals surface area contributed by atoms with Crippen molar-refractivity contribution in [3.05, 3.63) is 22.9 Å². The van der Waals surface area contributed by atoms with Gasteiger partial charge >= 0.3 is 5.97 Å². The van der Waals surface area contributed by atoms with Crippen molar-refractivity contribution in [3.63, 3.8) is 0 Å². The molecular weight excluding hydrogens is 302 g/mol. The number of aliphatic carboxylic acids is 1. The smallest absolute Gasteiger partial charge is 0.303 e. The Bertz CT molecular complexity index is 557. The van der Waals surface area contributed by atoms with E-state index < -0.39 is 5.97 Å². The van der Waals surface area contributed by atoms with Gasteiger partial charge in [-0.3, -0.25) is 9.78 Å². The molecule has 18 heavy (non-hydrogen) atoms. The molecule has 0 radical (unpaired) electrons. The summed E-state index contributed by atoms with van der Waals surface area (Å²) < 4.78 is 2.41. The monoisotopic (exact) mass is 311 g/mol. The van der Waals surface area contributed by atoms with Crippen LogP contribution in [0.5, 0.6) is 0 Å². The van der Waals surface area contributed by atoms with Crippen LogP contribution >= 0.6 is 15.9 Å². The van der Waals surface area contributed by atoms with Crippen LogP contribution in [0.4, 0.5) is 0 Å². The molecule has 2 rings (SSSR count). The number of hydrogen-bond donors (Lipinski definition) is 1. The number of aromatic nitrogens is 5. The number of carboxylic acid groups (broad SMARTS) is 1. The lowest BCUT2D eigenvalue weighted by Crippen LogP contribution is -2.05. The number of carbonyl (C=O) groups is 1. The van der Waals surface area contributed by atoms with E-state index in [-0.39, 0.29) is 6.42 Å². The van der Waals surface area contributed by atoms with E-state index in [1.807, 2.05) is 6.07 Å². The third-order valence-electron chi connectivity index (χ3n) is 2.26. The minimum Gasteiger partial charge on any atom is -0.481 e. The minimum absolute atomic E-state index is 0.0933. The second-order valence-corrected chi connectivity index (χ2v) is 4.53. The third-order valence-corrected chi connectivity index (χ3v) is 2.69. The lowest BCUT2D eigenvalue weighted by Gasteiger charge is -2.03. The summed E-state index contributed by atoms with van der Waals surface area (Å²) in [5.74, 6) is -0.247. The molecule has 0 amide bonds. The first-order valence-electron chi connectivity index (χ1n) is 5.25. The van der Waals surface area contributed by atoms with E-state index in [2.05, 4.69) is 36.4 Å². The van der Waals surface area contributed by atoms with E-state index >= 15 is 0 Å². The van der Waals surface area contributed by atoms with Crippen LogP contribution in [0.15, 0.2) is 22.9 Å². The second kappa shape index (κ2) is 5.67. The van der Waals surface area contributed by atoms with E-state index in [4.69, 9.17) is 5.11 Å². The second-order valence-electron chi connectivity index (χ2n) is 3.61. The maximum absolute atomic E-state index is 10.5. The van der Waals surface area contributed by atoms with Gasteiger partial charge in [0.05, 0.1) is 0 Å². The fourth-order valence-corrected chi connectivity index (χ4v) is 1.84. The molecule has 0 aliphatic heterocycles.